The van der Waals surface area contributed by atoms with Gasteiger partial charge in [-0.15, -0.1) is 0 Å². The summed E-state index contributed by atoms with van der Waals surface area (Å²) in [5.74, 6) is 1.09. The topological polar surface area (TPSA) is 35.2 Å². The molecule has 1 aliphatic carbocycles. The van der Waals surface area contributed by atoms with E-state index in [0.717, 1.165) is 22.2 Å². The zero-order valence-corrected chi connectivity index (χ0v) is 13.4. The van der Waals surface area contributed by atoms with E-state index in [1.807, 2.05) is 12.1 Å². The van der Waals surface area contributed by atoms with Gasteiger partial charge in [-0.1, -0.05) is 35.9 Å². The average molecular weight is 353 g/mol. The third kappa shape index (κ3) is 2.24. The molecule has 2 unspecified atom stereocenters. The van der Waals surface area contributed by atoms with Gasteiger partial charge in [-0.3, -0.25) is 0 Å². The van der Waals surface area contributed by atoms with Crippen LogP contribution in [0.3, 0.4) is 0 Å². The maximum absolute atomic E-state index is 6.47. The van der Waals surface area contributed by atoms with Crippen LogP contribution >= 0.6 is 27.5 Å². The molecule has 2 atom stereocenters. The van der Waals surface area contributed by atoms with Gasteiger partial charge in [-0.25, -0.2) is 0 Å². The van der Waals surface area contributed by atoms with Gasteiger partial charge in [-0.05, 0) is 45.6 Å². The van der Waals surface area contributed by atoms with Gasteiger partial charge in [0.1, 0.15) is 5.75 Å². The van der Waals surface area contributed by atoms with Crippen molar-refractivity contribution in [3.63, 3.8) is 0 Å². The number of rotatable bonds is 3. The fraction of sp³-hybridized carbons (Fsp3) is 0.250. The number of hydrogen-bond donors (Lipinski definition) is 1. The summed E-state index contributed by atoms with van der Waals surface area (Å²) in [6, 6.07) is 12.0. The highest BCUT2D eigenvalue weighted by atomic mass is 79.9. The third-order valence-corrected chi connectivity index (χ3v) is 4.74. The Labute approximate surface area is 132 Å². The minimum Gasteiger partial charge on any atom is -0.495 e. The van der Waals surface area contributed by atoms with Crippen molar-refractivity contribution in [3.8, 4) is 5.75 Å². The number of fused-ring (bicyclic) bond motifs is 1. The molecule has 3 rings (SSSR count). The van der Waals surface area contributed by atoms with Crippen molar-refractivity contribution in [2.45, 2.75) is 18.4 Å². The van der Waals surface area contributed by atoms with Crippen molar-refractivity contribution in [2.75, 3.05) is 7.11 Å². The minimum absolute atomic E-state index is 0.116. The molecule has 2 aromatic carbocycles. The van der Waals surface area contributed by atoms with Crippen molar-refractivity contribution in [1.29, 1.82) is 0 Å². The van der Waals surface area contributed by atoms with Crippen LogP contribution in [-0.2, 0) is 6.42 Å². The lowest BCUT2D eigenvalue weighted by atomic mass is 9.72. The Morgan fingerprint density at radius 2 is 2.10 bits per heavy atom. The van der Waals surface area contributed by atoms with Crippen molar-refractivity contribution in [2.24, 2.45) is 5.73 Å². The van der Waals surface area contributed by atoms with E-state index in [-0.39, 0.29) is 6.04 Å². The van der Waals surface area contributed by atoms with Crippen molar-refractivity contribution in [1.82, 2.24) is 0 Å². The molecule has 20 heavy (non-hydrogen) atoms. The normalized spacial score (nSPS) is 18.1. The maximum Gasteiger partial charge on any atom is 0.137 e. The fourth-order valence-corrected chi connectivity index (χ4v) is 3.87. The Kier molecular flexibility index (Phi) is 3.76. The second kappa shape index (κ2) is 5.40. The first-order valence-corrected chi connectivity index (χ1v) is 7.65. The van der Waals surface area contributed by atoms with Gasteiger partial charge in [0.15, 0.2) is 0 Å². The monoisotopic (exact) mass is 351 g/mol. The molecule has 1 aliphatic rings. The summed E-state index contributed by atoms with van der Waals surface area (Å²) >= 11 is 9.63. The molecule has 0 saturated carbocycles. The van der Waals surface area contributed by atoms with Gasteiger partial charge in [0.25, 0.3) is 0 Å². The molecule has 0 radical (unpaired) electrons. The number of ether oxygens (including phenoxy) is 1. The Balaban J connectivity index is 1.98. The van der Waals surface area contributed by atoms with Crippen LogP contribution in [0.15, 0.2) is 40.9 Å². The lowest BCUT2D eigenvalue weighted by Crippen LogP contribution is -2.29. The van der Waals surface area contributed by atoms with E-state index in [9.17, 15) is 0 Å². The van der Waals surface area contributed by atoms with Gasteiger partial charge < -0.3 is 10.5 Å². The molecule has 0 fully saturated rings. The van der Waals surface area contributed by atoms with E-state index in [1.54, 1.807) is 7.11 Å². The molecular formula is C16H15BrClNO. The van der Waals surface area contributed by atoms with E-state index in [0.29, 0.717) is 10.9 Å². The predicted molar refractivity (Wildman–Crippen MR) is 85.5 cm³/mol. The zero-order chi connectivity index (χ0) is 14.3. The van der Waals surface area contributed by atoms with Crippen molar-refractivity contribution in [3.05, 3.63) is 62.6 Å². The maximum atomic E-state index is 6.47. The quantitative estimate of drug-likeness (QED) is 0.885. The Morgan fingerprint density at radius 3 is 2.80 bits per heavy atom. The van der Waals surface area contributed by atoms with E-state index >= 15 is 0 Å². The fourth-order valence-electron chi connectivity index (χ4n) is 2.88. The summed E-state index contributed by atoms with van der Waals surface area (Å²) < 4.78 is 6.31. The number of benzene rings is 2. The van der Waals surface area contributed by atoms with Gasteiger partial charge >= 0.3 is 0 Å². The molecule has 4 heteroatoms. The Bertz CT molecular complexity index is 659. The van der Waals surface area contributed by atoms with Gasteiger partial charge in [0.2, 0.25) is 0 Å². The summed E-state index contributed by atoms with van der Waals surface area (Å²) in [7, 11) is 1.65. The van der Waals surface area contributed by atoms with E-state index in [4.69, 9.17) is 22.1 Å². The SMILES string of the molecule is COc1c(Br)cc(Cl)cc1C(N)C1Cc2ccccc21. The summed E-state index contributed by atoms with van der Waals surface area (Å²) in [6.07, 6.45) is 1.00. The highest BCUT2D eigenvalue weighted by Gasteiger charge is 2.33. The molecule has 0 bridgehead atoms. The van der Waals surface area contributed by atoms with Crippen LogP contribution in [0.25, 0.3) is 0 Å². The molecule has 0 spiro atoms. The molecule has 0 amide bonds. The molecule has 0 saturated heterocycles. The standard InChI is InChI=1S/C16H15BrClNO/c1-20-16-13(7-10(18)8-14(16)17)15(19)12-6-9-4-2-3-5-11(9)12/h2-5,7-8,12,15H,6,19H2,1H3. The smallest absolute Gasteiger partial charge is 0.137 e. The van der Waals surface area contributed by atoms with Crippen LogP contribution in [0.5, 0.6) is 5.75 Å². The summed E-state index contributed by atoms with van der Waals surface area (Å²) in [6.45, 7) is 0. The second-order valence-electron chi connectivity index (χ2n) is 5.05. The molecule has 2 aromatic rings. The molecule has 0 aromatic heterocycles. The van der Waals surface area contributed by atoms with E-state index in [1.165, 1.54) is 11.1 Å². The first-order chi connectivity index (χ1) is 9.61. The van der Waals surface area contributed by atoms with E-state index in [2.05, 4.69) is 40.2 Å². The first-order valence-electron chi connectivity index (χ1n) is 6.48. The Hall–Kier alpha value is -1.03. The highest BCUT2D eigenvalue weighted by Crippen LogP contribution is 2.46. The van der Waals surface area contributed by atoms with Crippen LogP contribution in [0.1, 0.15) is 28.7 Å². The summed E-state index contributed by atoms with van der Waals surface area (Å²) in [4.78, 5) is 0. The number of methoxy groups -OCH3 is 1. The van der Waals surface area contributed by atoms with Crippen molar-refractivity contribution < 1.29 is 4.74 Å². The van der Waals surface area contributed by atoms with Crippen LogP contribution in [0.4, 0.5) is 0 Å². The number of halogens is 2. The largest absolute Gasteiger partial charge is 0.495 e. The molecule has 2 N–H and O–H groups in total. The zero-order valence-electron chi connectivity index (χ0n) is 11.1. The lowest BCUT2D eigenvalue weighted by molar-refractivity contribution is 0.394. The first kappa shape index (κ1) is 13.9. The van der Waals surface area contributed by atoms with Gasteiger partial charge in [0, 0.05) is 22.5 Å². The van der Waals surface area contributed by atoms with Gasteiger partial charge in [0.05, 0.1) is 11.6 Å². The lowest BCUT2D eigenvalue weighted by Gasteiger charge is -2.35. The Morgan fingerprint density at radius 1 is 1.35 bits per heavy atom. The van der Waals surface area contributed by atoms with Crippen molar-refractivity contribution >= 4 is 27.5 Å². The minimum atomic E-state index is -0.116. The number of nitrogens with two attached hydrogens (primary N) is 1. The van der Waals surface area contributed by atoms with Crippen LogP contribution in [0, 0.1) is 0 Å². The third-order valence-electron chi connectivity index (χ3n) is 3.93. The van der Waals surface area contributed by atoms with Crippen LogP contribution in [-0.4, -0.2) is 7.11 Å². The molecule has 0 aliphatic heterocycles. The predicted octanol–water partition coefficient (Wildman–Crippen LogP) is 4.45. The number of hydrogen-bond acceptors (Lipinski definition) is 2. The average Bonchev–Trinajstić information content (AvgIpc) is 2.39. The molecule has 2 nitrogen and oxygen atoms in total. The molecule has 0 heterocycles. The summed E-state index contributed by atoms with van der Waals surface area (Å²) in [5, 5.41) is 0.663. The molecular weight excluding hydrogens is 338 g/mol. The molecule has 104 valence electrons. The van der Waals surface area contributed by atoms with Crippen LogP contribution < -0.4 is 10.5 Å². The highest BCUT2D eigenvalue weighted by molar-refractivity contribution is 9.10. The van der Waals surface area contributed by atoms with E-state index < -0.39 is 0 Å². The summed E-state index contributed by atoms with van der Waals surface area (Å²) in [5.41, 5.74) is 10.1. The second-order valence-corrected chi connectivity index (χ2v) is 6.34. The van der Waals surface area contributed by atoms with Crippen LogP contribution in [0.2, 0.25) is 5.02 Å². The van der Waals surface area contributed by atoms with Gasteiger partial charge in [-0.2, -0.15) is 0 Å².